The highest BCUT2D eigenvalue weighted by Gasteiger charge is 2.61. The topological polar surface area (TPSA) is 54.4 Å². The molecule has 4 fully saturated rings. The largest absolute Gasteiger partial charge is 0.396 e. The van der Waals surface area contributed by atoms with Crippen LogP contribution in [0.4, 0.5) is 0 Å². The van der Waals surface area contributed by atoms with E-state index in [2.05, 4.69) is 6.92 Å². The van der Waals surface area contributed by atoms with Gasteiger partial charge in [-0.2, -0.15) is 0 Å². The minimum atomic E-state index is -0.0705. The van der Waals surface area contributed by atoms with Crippen LogP contribution in [0, 0.1) is 34.5 Å². The minimum Gasteiger partial charge on any atom is -0.396 e. The van der Waals surface area contributed by atoms with Gasteiger partial charge in [0.2, 0.25) is 0 Å². The molecule has 4 rings (SSSR count). The van der Waals surface area contributed by atoms with Gasteiger partial charge in [0.1, 0.15) is 11.6 Å². The Kier molecular flexibility index (Phi) is 3.71. The molecule has 4 aliphatic rings. The smallest absolute Gasteiger partial charge is 0.139 e. The van der Waals surface area contributed by atoms with E-state index in [-0.39, 0.29) is 17.4 Å². The summed E-state index contributed by atoms with van der Waals surface area (Å²) in [7, 11) is 0. The molecule has 0 aromatic carbocycles. The van der Waals surface area contributed by atoms with E-state index in [9.17, 15) is 14.7 Å². The fourth-order valence-electron chi connectivity index (χ4n) is 7.33. The first-order valence-corrected chi connectivity index (χ1v) is 9.67. The van der Waals surface area contributed by atoms with E-state index in [1.807, 2.05) is 0 Å². The molecule has 3 heteroatoms. The highest BCUT2D eigenvalue weighted by atomic mass is 16.3. The molecule has 0 aliphatic heterocycles. The third-order valence-corrected chi connectivity index (χ3v) is 8.47. The van der Waals surface area contributed by atoms with Crippen LogP contribution in [-0.2, 0) is 9.59 Å². The van der Waals surface area contributed by atoms with Gasteiger partial charge in [0, 0.05) is 31.3 Å². The highest BCUT2D eigenvalue weighted by Crippen LogP contribution is 2.66. The summed E-state index contributed by atoms with van der Waals surface area (Å²) in [5, 5.41) is 9.75. The number of Topliss-reactive ketones (excluding diaryl/α,β-unsaturated/α-hetero) is 2. The van der Waals surface area contributed by atoms with E-state index in [0.717, 1.165) is 51.4 Å². The summed E-state index contributed by atoms with van der Waals surface area (Å²) in [6, 6.07) is 0. The quantitative estimate of drug-likeness (QED) is 0.847. The Morgan fingerprint density at radius 3 is 2.65 bits per heavy atom. The fourth-order valence-corrected chi connectivity index (χ4v) is 7.33. The van der Waals surface area contributed by atoms with E-state index in [4.69, 9.17) is 0 Å². The van der Waals surface area contributed by atoms with Crippen molar-refractivity contribution in [2.75, 3.05) is 6.61 Å². The van der Waals surface area contributed by atoms with Gasteiger partial charge in [-0.25, -0.2) is 0 Å². The van der Waals surface area contributed by atoms with E-state index < -0.39 is 0 Å². The van der Waals surface area contributed by atoms with Crippen molar-refractivity contribution in [3.8, 4) is 0 Å². The number of carbonyl (C=O) groups is 2. The molecule has 0 aromatic heterocycles. The van der Waals surface area contributed by atoms with Crippen molar-refractivity contribution in [1.82, 2.24) is 0 Å². The summed E-state index contributed by atoms with van der Waals surface area (Å²) >= 11 is 0. The first-order valence-electron chi connectivity index (χ1n) is 9.67. The van der Waals surface area contributed by atoms with Crippen LogP contribution in [0.1, 0.15) is 71.1 Å². The Labute approximate surface area is 139 Å². The second-order valence-corrected chi connectivity index (χ2v) is 9.02. The lowest BCUT2D eigenvalue weighted by molar-refractivity contribution is -0.149. The number of aliphatic hydroxyl groups excluding tert-OH is 1. The van der Waals surface area contributed by atoms with Crippen LogP contribution in [0.15, 0.2) is 0 Å². The zero-order chi connectivity index (χ0) is 16.2. The lowest BCUT2D eigenvalue weighted by atomic mass is 9.44. The number of ketones is 2. The highest BCUT2D eigenvalue weighted by molar-refractivity contribution is 5.87. The van der Waals surface area contributed by atoms with Gasteiger partial charge in [-0.1, -0.05) is 6.92 Å². The summed E-state index contributed by atoms with van der Waals surface area (Å²) in [6.45, 7) is 2.47. The molecular weight excluding hydrogens is 288 g/mol. The normalized spacial score (nSPS) is 49.5. The molecule has 128 valence electrons. The molecule has 1 N–H and O–H groups in total. The Bertz CT molecular complexity index is 527. The maximum Gasteiger partial charge on any atom is 0.139 e. The van der Waals surface area contributed by atoms with Crippen molar-refractivity contribution in [3.63, 3.8) is 0 Å². The molecule has 0 heterocycles. The SMILES string of the molecule is C[C@]12CC[C@H]3[C@@H](CC[C@@H]4CC(=O)CC[C@@]43CCO)[C@@H]1CCC2=O. The Morgan fingerprint density at radius 1 is 1.04 bits per heavy atom. The maximum atomic E-state index is 12.5. The first-order chi connectivity index (χ1) is 11.0. The summed E-state index contributed by atoms with van der Waals surface area (Å²) in [5.41, 5.74) is 0.109. The van der Waals surface area contributed by atoms with Crippen molar-refractivity contribution in [3.05, 3.63) is 0 Å². The number of carbonyl (C=O) groups excluding carboxylic acids is 2. The Morgan fingerprint density at radius 2 is 1.87 bits per heavy atom. The van der Waals surface area contributed by atoms with E-state index in [1.165, 1.54) is 6.42 Å². The van der Waals surface area contributed by atoms with Crippen LogP contribution in [0.2, 0.25) is 0 Å². The second-order valence-electron chi connectivity index (χ2n) is 9.02. The van der Waals surface area contributed by atoms with E-state index in [0.29, 0.717) is 41.7 Å². The lowest BCUT2D eigenvalue weighted by Crippen LogP contribution is -2.55. The predicted octanol–water partition coefficient (Wildman–Crippen LogP) is 3.53. The summed E-state index contributed by atoms with van der Waals surface area (Å²) in [5.74, 6) is 3.25. The Hall–Kier alpha value is -0.700. The molecule has 3 nitrogen and oxygen atoms in total. The van der Waals surface area contributed by atoms with Crippen LogP contribution in [0.25, 0.3) is 0 Å². The molecule has 0 bridgehead atoms. The van der Waals surface area contributed by atoms with Gasteiger partial charge in [-0.05, 0) is 74.0 Å². The zero-order valence-electron chi connectivity index (χ0n) is 14.4. The second kappa shape index (κ2) is 5.40. The number of rotatable bonds is 2. The molecule has 4 aliphatic carbocycles. The van der Waals surface area contributed by atoms with E-state index >= 15 is 0 Å². The van der Waals surface area contributed by atoms with Gasteiger partial charge in [0.05, 0.1) is 0 Å². The molecule has 0 amide bonds. The van der Waals surface area contributed by atoms with Crippen molar-refractivity contribution in [2.24, 2.45) is 34.5 Å². The van der Waals surface area contributed by atoms with Gasteiger partial charge in [0.25, 0.3) is 0 Å². The van der Waals surface area contributed by atoms with E-state index in [1.54, 1.807) is 0 Å². The summed E-state index contributed by atoms with van der Waals surface area (Å²) < 4.78 is 0. The van der Waals surface area contributed by atoms with Gasteiger partial charge < -0.3 is 5.11 Å². The molecule has 4 saturated carbocycles. The van der Waals surface area contributed by atoms with Crippen molar-refractivity contribution < 1.29 is 14.7 Å². The monoisotopic (exact) mass is 318 g/mol. The Balaban J connectivity index is 1.68. The number of fused-ring (bicyclic) bond motifs is 5. The van der Waals surface area contributed by atoms with Crippen molar-refractivity contribution in [2.45, 2.75) is 71.1 Å². The molecule has 0 saturated heterocycles. The van der Waals surface area contributed by atoms with Crippen LogP contribution >= 0.6 is 0 Å². The summed E-state index contributed by atoms with van der Waals surface area (Å²) in [6.07, 6.45) is 9.65. The molecule has 0 radical (unpaired) electrons. The molecule has 6 atom stereocenters. The first kappa shape index (κ1) is 15.8. The van der Waals surface area contributed by atoms with Crippen LogP contribution in [0.3, 0.4) is 0 Å². The maximum absolute atomic E-state index is 12.5. The van der Waals surface area contributed by atoms with Crippen LogP contribution < -0.4 is 0 Å². The van der Waals surface area contributed by atoms with Gasteiger partial charge in [-0.3, -0.25) is 9.59 Å². The molecular formula is C20H30O3. The third kappa shape index (κ3) is 2.11. The number of hydrogen-bond acceptors (Lipinski definition) is 3. The summed E-state index contributed by atoms with van der Waals surface area (Å²) in [4.78, 5) is 24.4. The van der Waals surface area contributed by atoms with Crippen LogP contribution in [0.5, 0.6) is 0 Å². The lowest BCUT2D eigenvalue weighted by Gasteiger charge is -2.60. The number of hydrogen-bond donors (Lipinski definition) is 1. The van der Waals surface area contributed by atoms with Gasteiger partial charge in [-0.15, -0.1) is 0 Å². The average molecular weight is 318 g/mol. The van der Waals surface area contributed by atoms with Crippen molar-refractivity contribution in [1.29, 1.82) is 0 Å². The molecule has 0 unspecified atom stereocenters. The molecule has 0 spiro atoms. The standard InChI is InChI=1S/C20H30O3/c1-19-8-7-17-15(16(19)4-5-18(19)23)3-2-13-12-14(22)6-9-20(13,17)10-11-21/h13,15-17,21H,2-12H2,1H3/t13-,15+,16+,17+,19+,20-/m1/s1. The van der Waals surface area contributed by atoms with Crippen LogP contribution in [-0.4, -0.2) is 23.3 Å². The molecule has 0 aromatic rings. The third-order valence-electron chi connectivity index (χ3n) is 8.47. The minimum absolute atomic E-state index is 0.0705. The van der Waals surface area contributed by atoms with Gasteiger partial charge >= 0.3 is 0 Å². The van der Waals surface area contributed by atoms with Crippen molar-refractivity contribution >= 4 is 11.6 Å². The predicted molar refractivity (Wildman–Crippen MR) is 87.8 cm³/mol. The average Bonchev–Trinajstić information content (AvgIpc) is 2.84. The number of aliphatic hydroxyl groups is 1. The zero-order valence-corrected chi connectivity index (χ0v) is 14.4. The molecule has 23 heavy (non-hydrogen) atoms. The fraction of sp³-hybridized carbons (Fsp3) is 0.900. The van der Waals surface area contributed by atoms with Gasteiger partial charge in [0.15, 0.2) is 0 Å².